The van der Waals surface area contributed by atoms with E-state index in [1.54, 1.807) is 0 Å². The highest BCUT2D eigenvalue weighted by molar-refractivity contribution is 5.96. The number of aryl methyl sites for hydroxylation is 1. The molecule has 2 aliphatic carbocycles. The summed E-state index contributed by atoms with van der Waals surface area (Å²) < 4.78 is 0. The average Bonchev–Trinajstić information content (AvgIpc) is 3.01. The van der Waals surface area contributed by atoms with Crippen LogP contribution in [0.2, 0.25) is 0 Å². The van der Waals surface area contributed by atoms with Gasteiger partial charge in [0.05, 0.1) is 0 Å². The van der Waals surface area contributed by atoms with E-state index in [1.807, 2.05) is 12.1 Å². The molecule has 18 heavy (non-hydrogen) atoms. The van der Waals surface area contributed by atoms with E-state index in [9.17, 15) is 4.79 Å². The summed E-state index contributed by atoms with van der Waals surface area (Å²) in [6.07, 6.45) is 7.29. The minimum atomic E-state index is 0.364. The minimum Gasteiger partial charge on any atom is -0.294 e. The zero-order chi connectivity index (χ0) is 12.5. The van der Waals surface area contributed by atoms with E-state index in [-0.39, 0.29) is 0 Å². The smallest absolute Gasteiger partial charge is 0.163 e. The highest BCUT2D eigenvalue weighted by Crippen LogP contribution is 2.49. The molecule has 0 saturated heterocycles. The molecule has 1 aromatic carbocycles. The van der Waals surface area contributed by atoms with Gasteiger partial charge in [0.25, 0.3) is 0 Å². The Morgan fingerprint density at radius 3 is 2.83 bits per heavy atom. The summed E-state index contributed by atoms with van der Waals surface area (Å²) in [6, 6.07) is 8.19. The molecule has 1 nitrogen and oxygen atoms in total. The molecule has 2 fully saturated rings. The van der Waals surface area contributed by atoms with Gasteiger partial charge in [-0.3, -0.25) is 4.79 Å². The van der Waals surface area contributed by atoms with Crippen molar-refractivity contribution in [2.24, 2.45) is 17.8 Å². The third-order valence-electron chi connectivity index (χ3n) is 4.99. The van der Waals surface area contributed by atoms with Crippen molar-refractivity contribution in [1.29, 1.82) is 0 Å². The number of carbonyl (C=O) groups is 1. The molecule has 0 radical (unpaired) electrons. The van der Waals surface area contributed by atoms with E-state index in [4.69, 9.17) is 0 Å². The third kappa shape index (κ3) is 2.23. The fourth-order valence-electron chi connectivity index (χ4n) is 3.95. The maximum atomic E-state index is 12.3. The molecule has 3 rings (SSSR count). The SMILES string of the molecule is CCc1cccc(C(=O)CC2CC3CCC2C3)c1. The fraction of sp³-hybridized carbons (Fsp3) is 0.588. The van der Waals surface area contributed by atoms with Gasteiger partial charge in [0.1, 0.15) is 0 Å². The number of carbonyl (C=O) groups excluding carboxylic acids is 1. The molecule has 1 aromatic rings. The lowest BCUT2D eigenvalue weighted by Crippen LogP contribution is -2.15. The molecular formula is C17H22O. The maximum Gasteiger partial charge on any atom is 0.163 e. The maximum absolute atomic E-state index is 12.3. The first kappa shape index (κ1) is 12.0. The van der Waals surface area contributed by atoms with Crippen LogP contribution in [0, 0.1) is 17.8 Å². The number of benzene rings is 1. The Balaban J connectivity index is 1.67. The number of hydrogen-bond donors (Lipinski definition) is 0. The Kier molecular flexibility index (Phi) is 3.23. The standard InChI is InChI=1S/C17H22O/c1-2-12-4-3-5-15(8-12)17(18)11-16-10-13-6-7-14(16)9-13/h3-5,8,13-14,16H,2,6-7,9-11H2,1H3. The van der Waals surface area contributed by atoms with Gasteiger partial charge in [-0.1, -0.05) is 31.5 Å². The largest absolute Gasteiger partial charge is 0.294 e. The molecule has 96 valence electrons. The fourth-order valence-corrected chi connectivity index (χ4v) is 3.95. The lowest BCUT2D eigenvalue weighted by atomic mass is 9.84. The predicted octanol–water partition coefficient (Wildman–Crippen LogP) is 4.26. The van der Waals surface area contributed by atoms with E-state index < -0.39 is 0 Å². The van der Waals surface area contributed by atoms with Crippen LogP contribution in [0.3, 0.4) is 0 Å². The molecule has 0 aliphatic heterocycles. The van der Waals surface area contributed by atoms with Crippen molar-refractivity contribution in [2.45, 2.75) is 45.4 Å². The van der Waals surface area contributed by atoms with Crippen molar-refractivity contribution in [3.05, 3.63) is 35.4 Å². The third-order valence-corrected chi connectivity index (χ3v) is 4.99. The molecule has 0 N–H and O–H groups in total. The van der Waals surface area contributed by atoms with E-state index in [2.05, 4.69) is 19.1 Å². The van der Waals surface area contributed by atoms with Gasteiger partial charge in [-0.05, 0) is 55.1 Å². The first-order valence-electron chi connectivity index (χ1n) is 7.38. The van der Waals surface area contributed by atoms with Gasteiger partial charge in [0.2, 0.25) is 0 Å². The summed E-state index contributed by atoms with van der Waals surface area (Å²) in [4.78, 5) is 12.3. The van der Waals surface area contributed by atoms with Crippen molar-refractivity contribution in [3.8, 4) is 0 Å². The van der Waals surface area contributed by atoms with Gasteiger partial charge >= 0.3 is 0 Å². The van der Waals surface area contributed by atoms with Crippen LogP contribution in [0.4, 0.5) is 0 Å². The van der Waals surface area contributed by atoms with Crippen molar-refractivity contribution in [2.75, 3.05) is 0 Å². The van der Waals surface area contributed by atoms with Crippen LogP contribution in [0.15, 0.2) is 24.3 Å². The van der Waals surface area contributed by atoms with Crippen molar-refractivity contribution in [3.63, 3.8) is 0 Å². The van der Waals surface area contributed by atoms with Crippen LogP contribution in [0.5, 0.6) is 0 Å². The van der Waals surface area contributed by atoms with E-state index in [1.165, 1.54) is 31.2 Å². The molecule has 2 aliphatic rings. The van der Waals surface area contributed by atoms with Gasteiger partial charge < -0.3 is 0 Å². The Morgan fingerprint density at radius 2 is 2.17 bits per heavy atom. The summed E-state index contributed by atoms with van der Waals surface area (Å²) in [5.41, 5.74) is 2.20. The minimum absolute atomic E-state index is 0.364. The second-order valence-electron chi connectivity index (χ2n) is 6.12. The first-order chi connectivity index (χ1) is 8.76. The molecular weight excluding hydrogens is 220 g/mol. The number of rotatable bonds is 4. The molecule has 2 bridgehead atoms. The van der Waals surface area contributed by atoms with Crippen LogP contribution in [-0.4, -0.2) is 5.78 Å². The molecule has 0 amide bonds. The van der Waals surface area contributed by atoms with E-state index >= 15 is 0 Å². The van der Waals surface area contributed by atoms with E-state index in [0.717, 1.165) is 30.2 Å². The zero-order valence-electron chi connectivity index (χ0n) is 11.2. The Bertz CT molecular complexity index is 449. The van der Waals surface area contributed by atoms with Crippen molar-refractivity contribution >= 4 is 5.78 Å². The monoisotopic (exact) mass is 242 g/mol. The second-order valence-corrected chi connectivity index (χ2v) is 6.12. The van der Waals surface area contributed by atoms with Crippen molar-refractivity contribution in [1.82, 2.24) is 0 Å². The predicted molar refractivity (Wildman–Crippen MR) is 73.7 cm³/mol. The molecule has 3 atom stereocenters. The number of fused-ring (bicyclic) bond motifs is 2. The van der Waals surface area contributed by atoms with Crippen LogP contribution < -0.4 is 0 Å². The van der Waals surface area contributed by atoms with Crippen LogP contribution in [-0.2, 0) is 6.42 Å². The zero-order valence-corrected chi connectivity index (χ0v) is 11.2. The molecule has 2 saturated carbocycles. The van der Waals surface area contributed by atoms with Gasteiger partial charge in [-0.2, -0.15) is 0 Å². The second kappa shape index (κ2) is 4.87. The number of hydrogen-bond acceptors (Lipinski definition) is 1. The molecule has 0 aromatic heterocycles. The quantitative estimate of drug-likeness (QED) is 0.721. The summed E-state index contributed by atoms with van der Waals surface area (Å²) in [7, 11) is 0. The average molecular weight is 242 g/mol. The summed E-state index contributed by atoms with van der Waals surface area (Å²) in [5.74, 6) is 2.84. The van der Waals surface area contributed by atoms with Gasteiger partial charge in [0, 0.05) is 12.0 Å². The summed E-state index contributed by atoms with van der Waals surface area (Å²) in [6.45, 7) is 2.14. The normalized spacial score (nSPS) is 29.7. The lowest BCUT2D eigenvalue weighted by molar-refractivity contribution is 0.0944. The topological polar surface area (TPSA) is 17.1 Å². The van der Waals surface area contributed by atoms with E-state index in [0.29, 0.717) is 11.7 Å². The van der Waals surface area contributed by atoms with Gasteiger partial charge in [0.15, 0.2) is 5.78 Å². The highest BCUT2D eigenvalue weighted by Gasteiger charge is 2.40. The van der Waals surface area contributed by atoms with Crippen LogP contribution in [0.25, 0.3) is 0 Å². The number of Topliss-reactive ketones (excluding diaryl/α,β-unsaturated/α-hetero) is 1. The highest BCUT2D eigenvalue weighted by atomic mass is 16.1. The van der Waals surface area contributed by atoms with Crippen LogP contribution >= 0.6 is 0 Å². The Labute approximate surface area is 110 Å². The Morgan fingerprint density at radius 1 is 1.28 bits per heavy atom. The molecule has 0 heterocycles. The molecule has 1 heteroatoms. The lowest BCUT2D eigenvalue weighted by Gasteiger charge is -2.20. The summed E-state index contributed by atoms with van der Waals surface area (Å²) in [5, 5.41) is 0. The van der Waals surface area contributed by atoms with Crippen molar-refractivity contribution < 1.29 is 4.79 Å². The van der Waals surface area contributed by atoms with Crippen LogP contribution in [0.1, 0.15) is 54.9 Å². The first-order valence-corrected chi connectivity index (χ1v) is 7.38. The molecule has 0 spiro atoms. The molecule has 3 unspecified atom stereocenters. The Hall–Kier alpha value is -1.11. The summed E-state index contributed by atoms with van der Waals surface area (Å²) >= 11 is 0. The number of ketones is 1. The van der Waals surface area contributed by atoms with Gasteiger partial charge in [-0.25, -0.2) is 0 Å². The van der Waals surface area contributed by atoms with Gasteiger partial charge in [-0.15, -0.1) is 0 Å².